The van der Waals surface area contributed by atoms with E-state index in [1.54, 1.807) is 18.3 Å². The van der Waals surface area contributed by atoms with Gasteiger partial charge >= 0.3 is 0 Å². The molecule has 4 rings (SSSR count). The molecule has 1 fully saturated rings. The highest BCUT2D eigenvalue weighted by molar-refractivity contribution is 5.94. The number of rotatable bonds is 3. The van der Waals surface area contributed by atoms with Crippen molar-refractivity contribution in [3.8, 4) is 11.5 Å². The zero-order valence-corrected chi connectivity index (χ0v) is 16.0. The molecule has 0 aliphatic carbocycles. The van der Waals surface area contributed by atoms with Crippen LogP contribution >= 0.6 is 0 Å². The molecule has 3 heterocycles. The largest absolute Gasteiger partial charge is 0.333 e. The molecule has 1 aromatic carbocycles. The fourth-order valence-corrected chi connectivity index (χ4v) is 3.76. The molecule has 0 bridgehead atoms. The van der Waals surface area contributed by atoms with E-state index >= 15 is 0 Å². The first kappa shape index (κ1) is 18.3. The van der Waals surface area contributed by atoms with Crippen molar-refractivity contribution in [3.63, 3.8) is 0 Å². The van der Waals surface area contributed by atoms with Crippen molar-refractivity contribution in [1.29, 1.82) is 0 Å². The molecule has 1 amide bonds. The van der Waals surface area contributed by atoms with E-state index in [0.717, 1.165) is 36.5 Å². The Morgan fingerprint density at radius 3 is 2.82 bits per heavy atom. The minimum absolute atomic E-state index is 0.162. The Hall–Kier alpha value is -3.09. The van der Waals surface area contributed by atoms with Gasteiger partial charge in [0.1, 0.15) is 17.3 Å². The summed E-state index contributed by atoms with van der Waals surface area (Å²) in [5, 5.41) is 0. The van der Waals surface area contributed by atoms with E-state index in [4.69, 9.17) is 0 Å². The number of nitrogens with zero attached hydrogens (tertiary/aromatic N) is 5. The molecule has 0 N–H and O–H groups in total. The highest BCUT2D eigenvalue weighted by Crippen LogP contribution is 2.32. The van der Waals surface area contributed by atoms with Gasteiger partial charge in [0.15, 0.2) is 5.82 Å². The number of aryl methyl sites for hydroxylation is 2. The first-order valence-electron chi connectivity index (χ1n) is 9.43. The van der Waals surface area contributed by atoms with Crippen LogP contribution in [0.3, 0.4) is 0 Å². The molecule has 1 aliphatic heterocycles. The van der Waals surface area contributed by atoms with Crippen molar-refractivity contribution in [2.24, 2.45) is 7.05 Å². The highest BCUT2D eigenvalue weighted by Gasteiger charge is 2.30. The smallest absolute Gasteiger partial charge is 0.254 e. The number of imidazole rings is 1. The van der Waals surface area contributed by atoms with E-state index in [9.17, 15) is 9.18 Å². The molecule has 1 atom stereocenters. The van der Waals surface area contributed by atoms with Crippen LogP contribution < -0.4 is 0 Å². The standard InChI is InChI=1S/C21H22FN5O/c1-14-24-17(13-18(25-14)20-23-9-11-26(20)2)19-8-3-4-10-27(19)21(28)15-6-5-7-16(22)12-15/h5-7,9,11-13,19H,3-4,8,10H2,1-2H3/t19-/m1/s1. The van der Waals surface area contributed by atoms with Crippen LogP contribution in [0.1, 0.15) is 47.2 Å². The number of piperidine rings is 1. The third-order valence-corrected chi connectivity index (χ3v) is 5.08. The topological polar surface area (TPSA) is 63.9 Å². The van der Waals surface area contributed by atoms with E-state index in [2.05, 4.69) is 15.0 Å². The third kappa shape index (κ3) is 3.52. The lowest BCUT2D eigenvalue weighted by Gasteiger charge is -2.35. The van der Waals surface area contributed by atoms with Crippen LogP contribution in [-0.4, -0.2) is 36.9 Å². The summed E-state index contributed by atoms with van der Waals surface area (Å²) >= 11 is 0. The average Bonchev–Trinajstić information content (AvgIpc) is 3.13. The number of likely N-dealkylation sites (tertiary alicyclic amines) is 1. The second-order valence-electron chi connectivity index (χ2n) is 7.11. The van der Waals surface area contributed by atoms with Gasteiger partial charge in [0.25, 0.3) is 5.91 Å². The quantitative estimate of drug-likeness (QED) is 0.696. The van der Waals surface area contributed by atoms with Crippen molar-refractivity contribution in [3.05, 3.63) is 65.6 Å². The van der Waals surface area contributed by atoms with E-state index in [0.29, 0.717) is 17.9 Å². The molecule has 0 radical (unpaired) electrons. The van der Waals surface area contributed by atoms with Gasteiger partial charge in [0.05, 0.1) is 11.7 Å². The number of benzene rings is 1. The molecule has 2 aromatic heterocycles. The fraction of sp³-hybridized carbons (Fsp3) is 0.333. The van der Waals surface area contributed by atoms with E-state index in [1.165, 1.54) is 12.1 Å². The summed E-state index contributed by atoms with van der Waals surface area (Å²) < 4.78 is 15.5. The van der Waals surface area contributed by atoms with E-state index < -0.39 is 5.82 Å². The summed E-state index contributed by atoms with van der Waals surface area (Å²) in [6.45, 7) is 2.47. The highest BCUT2D eigenvalue weighted by atomic mass is 19.1. The zero-order valence-electron chi connectivity index (χ0n) is 16.0. The van der Waals surface area contributed by atoms with Crippen LogP contribution in [0, 0.1) is 12.7 Å². The van der Waals surface area contributed by atoms with Gasteiger partial charge in [-0.05, 0) is 50.5 Å². The summed E-state index contributed by atoms with van der Waals surface area (Å²) in [4.78, 5) is 28.4. The molecular weight excluding hydrogens is 357 g/mol. The third-order valence-electron chi connectivity index (χ3n) is 5.08. The Morgan fingerprint density at radius 2 is 2.07 bits per heavy atom. The Bertz CT molecular complexity index is 1020. The number of halogens is 1. The molecule has 6 nitrogen and oxygen atoms in total. The molecule has 144 valence electrons. The number of carbonyl (C=O) groups excluding carboxylic acids is 1. The molecule has 0 saturated carbocycles. The summed E-state index contributed by atoms with van der Waals surface area (Å²) in [5.41, 5.74) is 1.90. The summed E-state index contributed by atoms with van der Waals surface area (Å²) in [6, 6.07) is 7.61. The molecule has 7 heteroatoms. The van der Waals surface area contributed by atoms with Crippen molar-refractivity contribution in [2.75, 3.05) is 6.54 Å². The van der Waals surface area contributed by atoms with Gasteiger partial charge in [0, 0.05) is 31.5 Å². The molecule has 28 heavy (non-hydrogen) atoms. The molecule has 1 saturated heterocycles. The molecule has 0 unspecified atom stereocenters. The predicted molar refractivity (Wildman–Crippen MR) is 103 cm³/mol. The van der Waals surface area contributed by atoms with Gasteiger partial charge in [-0.2, -0.15) is 0 Å². The second-order valence-corrected chi connectivity index (χ2v) is 7.11. The minimum Gasteiger partial charge on any atom is -0.333 e. The van der Waals surface area contributed by atoms with Crippen LogP contribution in [0.25, 0.3) is 11.5 Å². The lowest BCUT2D eigenvalue weighted by atomic mass is 9.97. The maximum atomic E-state index is 13.6. The molecule has 1 aliphatic rings. The summed E-state index contributed by atoms with van der Waals surface area (Å²) in [5.74, 6) is 0.818. The second kappa shape index (κ2) is 7.50. The molecular formula is C21H22FN5O. The SMILES string of the molecule is Cc1nc(-c2nccn2C)cc([C@H]2CCCCN2C(=O)c2cccc(F)c2)n1. The normalized spacial score (nSPS) is 17.0. The van der Waals surface area contributed by atoms with Gasteiger partial charge in [0.2, 0.25) is 0 Å². The van der Waals surface area contributed by atoms with Gasteiger partial charge in [-0.15, -0.1) is 0 Å². The van der Waals surface area contributed by atoms with E-state index in [1.807, 2.05) is 35.7 Å². The van der Waals surface area contributed by atoms with Gasteiger partial charge in [-0.1, -0.05) is 6.07 Å². The number of carbonyl (C=O) groups is 1. The first-order chi connectivity index (χ1) is 13.5. The van der Waals surface area contributed by atoms with Gasteiger partial charge in [-0.25, -0.2) is 19.3 Å². The molecule has 0 spiro atoms. The number of hydrogen-bond acceptors (Lipinski definition) is 4. The zero-order chi connectivity index (χ0) is 19.7. The van der Waals surface area contributed by atoms with Crippen LogP contribution in [0.2, 0.25) is 0 Å². The number of hydrogen-bond donors (Lipinski definition) is 0. The Balaban J connectivity index is 1.71. The van der Waals surface area contributed by atoms with Crippen LogP contribution in [0.4, 0.5) is 4.39 Å². The minimum atomic E-state index is -0.408. The predicted octanol–water partition coefficient (Wildman–Crippen LogP) is 3.69. The maximum absolute atomic E-state index is 13.6. The first-order valence-corrected chi connectivity index (χ1v) is 9.43. The summed E-state index contributed by atoms with van der Waals surface area (Å²) in [6.07, 6.45) is 6.35. The van der Waals surface area contributed by atoms with Crippen LogP contribution in [0.15, 0.2) is 42.7 Å². The number of amides is 1. The lowest BCUT2D eigenvalue weighted by molar-refractivity contribution is 0.0605. The van der Waals surface area contributed by atoms with Gasteiger partial charge < -0.3 is 9.47 Å². The average molecular weight is 379 g/mol. The Labute approximate surface area is 163 Å². The Kier molecular flexibility index (Phi) is 4.90. The Morgan fingerprint density at radius 1 is 1.21 bits per heavy atom. The van der Waals surface area contributed by atoms with Crippen molar-refractivity contribution < 1.29 is 9.18 Å². The summed E-state index contributed by atoms with van der Waals surface area (Å²) in [7, 11) is 1.92. The molecule has 3 aromatic rings. The van der Waals surface area contributed by atoms with E-state index in [-0.39, 0.29) is 11.9 Å². The number of aromatic nitrogens is 4. The lowest BCUT2D eigenvalue weighted by Crippen LogP contribution is -2.39. The van der Waals surface area contributed by atoms with Crippen LogP contribution in [0.5, 0.6) is 0 Å². The monoisotopic (exact) mass is 379 g/mol. The van der Waals surface area contributed by atoms with Crippen molar-refractivity contribution in [1.82, 2.24) is 24.4 Å². The van der Waals surface area contributed by atoms with Crippen LogP contribution in [-0.2, 0) is 7.05 Å². The van der Waals surface area contributed by atoms with Crippen molar-refractivity contribution in [2.45, 2.75) is 32.2 Å². The maximum Gasteiger partial charge on any atom is 0.254 e. The van der Waals surface area contributed by atoms with Crippen molar-refractivity contribution >= 4 is 5.91 Å². The van der Waals surface area contributed by atoms with Gasteiger partial charge in [-0.3, -0.25) is 4.79 Å². The fourth-order valence-electron chi connectivity index (χ4n) is 3.76.